The van der Waals surface area contributed by atoms with Gasteiger partial charge in [0.2, 0.25) is 0 Å². The van der Waals surface area contributed by atoms with E-state index in [9.17, 15) is 4.79 Å². The summed E-state index contributed by atoms with van der Waals surface area (Å²) in [6, 6.07) is 10.1. The van der Waals surface area contributed by atoms with E-state index < -0.39 is 0 Å². The molecule has 6 nitrogen and oxygen atoms in total. The van der Waals surface area contributed by atoms with E-state index in [1.165, 1.54) is 16.7 Å². The van der Waals surface area contributed by atoms with Gasteiger partial charge in [0.1, 0.15) is 17.4 Å². The maximum Gasteiger partial charge on any atom is 0.258 e. The van der Waals surface area contributed by atoms with Crippen LogP contribution in [-0.2, 0) is 24.3 Å². The molecule has 0 bridgehead atoms. The van der Waals surface area contributed by atoms with Crippen LogP contribution in [0.15, 0.2) is 46.7 Å². The summed E-state index contributed by atoms with van der Waals surface area (Å²) in [6.07, 6.45) is 5.73. The number of benzene rings is 1. The summed E-state index contributed by atoms with van der Waals surface area (Å²) in [4.78, 5) is 19.6. The van der Waals surface area contributed by atoms with Gasteiger partial charge in [-0.05, 0) is 48.6 Å². The van der Waals surface area contributed by atoms with Crippen molar-refractivity contribution in [1.82, 2.24) is 14.5 Å². The molecule has 0 unspecified atom stereocenters. The fourth-order valence-corrected chi connectivity index (χ4v) is 4.92. The minimum atomic E-state index is -0.0727. The Morgan fingerprint density at radius 3 is 2.81 bits per heavy atom. The summed E-state index contributed by atoms with van der Waals surface area (Å²) < 4.78 is 12.9. The van der Waals surface area contributed by atoms with Crippen molar-refractivity contribution in [3.63, 3.8) is 0 Å². The molecule has 0 spiro atoms. The predicted molar refractivity (Wildman–Crippen MR) is 127 cm³/mol. The third kappa shape index (κ3) is 4.85. The van der Waals surface area contributed by atoms with Gasteiger partial charge < -0.3 is 9.47 Å². The Morgan fingerprint density at radius 1 is 1.16 bits per heavy atom. The van der Waals surface area contributed by atoms with Crippen LogP contribution < -0.4 is 10.3 Å². The third-order valence-corrected chi connectivity index (χ3v) is 6.86. The van der Waals surface area contributed by atoms with E-state index in [2.05, 4.69) is 34.2 Å². The lowest BCUT2D eigenvalue weighted by atomic mass is 9.93. The van der Waals surface area contributed by atoms with Gasteiger partial charge in [0, 0.05) is 48.7 Å². The van der Waals surface area contributed by atoms with E-state index >= 15 is 0 Å². The zero-order valence-corrected chi connectivity index (χ0v) is 19.1. The van der Waals surface area contributed by atoms with Crippen LogP contribution in [0.3, 0.4) is 0 Å². The smallest absolute Gasteiger partial charge is 0.258 e. The van der Waals surface area contributed by atoms with Gasteiger partial charge in [-0.2, -0.15) is 0 Å². The molecule has 166 valence electrons. The molecule has 0 atom stereocenters. The SMILES string of the molecule is Cc1csc(COc2ccn(C3=Cc4ccc(CN5CCOCC5)cc4CC3)c(=O)c2)n1. The van der Waals surface area contributed by atoms with Crippen molar-refractivity contribution >= 4 is 23.1 Å². The first kappa shape index (κ1) is 21.1. The van der Waals surface area contributed by atoms with Gasteiger partial charge in [0.15, 0.2) is 0 Å². The van der Waals surface area contributed by atoms with Crippen LogP contribution in [0.5, 0.6) is 5.75 Å². The molecule has 0 radical (unpaired) electrons. The molecular formula is C25H27N3O3S. The van der Waals surface area contributed by atoms with E-state index in [4.69, 9.17) is 9.47 Å². The second kappa shape index (κ2) is 9.40. The molecule has 2 aromatic heterocycles. The zero-order valence-electron chi connectivity index (χ0n) is 18.3. The van der Waals surface area contributed by atoms with Gasteiger partial charge in [-0.3, -0.25) is 14.3 Å². The van der Waals surface area contributed by atoms with Crippen LogP contribution in [0.4, 0.5) is 0 Å². The van der Waals surface area contributed by atoms with E-state index in [-0.39, 0.29) is 5.56 Å². The van der Waals surface area contributed by atoms with Gasteiger partial charge >= 0.3 is 0 Å². The number of rotatable bonds is 6. The Labute approximate surface area is 191 Å². The Balaban J connectivity index is 1.28. The first-order valence-corrected chi connectivity index (χ1v) is 11.9. The number of ether oxygens (including phenoxy) is 2. The molecular weight excluding hydrogens is 422 g/mol. The van der Waals surface area contributed by atoms with Crippen molar-refractivity contribution in [3.8, 4) is 5.75 Å². The molecule has 7 heteroatoms. The largest absolute Gasteiger partial charge is 0.486 e. The van der Waals surface area contributed by atoms with Gasteiger partial charge in [-0.15, -0.1) is 11.3 Å². The van der Waals surface area contributed by atoms with E-state index in [1.807, 2.05) is 24.6 Å². The summed E-state index contributed by atoms with van der Waals surface area (Å²) in [5.41, 5.74) is 5.83. The number of allylic oxidation sites excluding steroid dienone is 1. The summed E-state index contributed by atoms with van der Waals surface area (Å²) in [7, 11) is 0. The number of aromatic nitrogens is 2. The molecule has 1 aromatic carbocycles. The Bertz CT molecular complexity index is 1190. The lowest BCUT2D eigenvalue weighted by Crippen LogP contribution is -2.35. The number of hydrogen-bond acceptors (Lipinski definition) is 6. The first-order chi connectivity index (χ1) is 15.6. The van der Waals surface area contributed by atoms with Crippen molar-refractivity contribution in [2.24, 2.45) is 0 Å². The molecule has 1 fully saturated rings. The number of nitrogens with zero attached hydrogens (tertiary/aromatic N) is 3. The molecule has 3 aromatic rings. The Hall–Kier alpha value is -2.74. The summed E-state index contributed by atoms with van der Waals surface area (Å²) in [5, 5.41) is 2.90. The molecule has 2 aliphatic rings. The molecule has 1 aliphatic heterocycles. The van der Waals surface area contributed by atoms with Crippen LogP contribution in [-0.4, -0.2) is 40.8 Å². The van der Waals surface area contributed by atoms with Gasteiger partial charge in [-0.25, -0.2) is 4.98 Å². The highest BCUT2D eigenvalue weighted by atomic mass is 32.1. The quantitative estimate of drug-likeness (QED) is 0.570. The average molecular weight is 450 g/mol. The van der Waals surface area contributed by atoms with E-state index in [0.29, 0.717) is 12.4 Å². The van der Waals surface area contributed by atoms with E-state index in [0.717, 1.165) is 62.1 Å². The van der Waals surface area contributed by atoms with Crippen LogP contribution in [0, 0.1) is 6.92 Å². The van der Waals surface area contributed by atoms with Gasteiger partial charge in [-0.1, -0.05) is 18.2 Å². The third-order valence-electron chi connectivity index (χ3n) is 5.92. The fourth-order valence-electron chi connectivity index (χ4n) is 4.24. The van der Waals surface area contributed by atoms with Crippen molar-refractivity contribution in [2.45, 2.75) is 32.9 Å². The number of fused-ring (bicyclic) bond motifs is 1. The lowest BCUT2D eigenvalue weighted by Gasteiger charge is -2.27. The second-order valence-electron chi connectivity index (χ2n) is 8.30. The predicted octanol–water partition coefficient (Wildman–Crippen LogP) is 3.97. The minimum absolute atomic E-state index is 0.0727. The highest BCUT2D eigenvalue weighted by molar-refractivity contribution is 7.09. The number of hydrogen-bond donors (Lipinski definition) is 0. The highest BCUT2D eigenvalue weighted by Crippen LogP contribution is 2.27. The number of morpholine rings is 1. The molecule has 5 rings (SSSR count). The minimum Gasteiger partial charge on any atom is -0.486 e. The topological polar surface area (TPSA) is 56.6 Å². The van der Waals surface area contributed by atoms with E-state index in [1.54, 1.807) is 22.0 Å². The second-order valence-corrected chi connectivity index (χ2v) is 9.24. The monoisotopic (exact) mass is 449 g/mol. The van der Waals surface area contributed by atoms with Crippen molar-refractivity contribution in [2.75, 3.05) is 26.3 Å². The Morgan fingerprint density at radius 2 is 2.03 bits per heavy atom. The standard InChI is InChI=1S/C25H27N3O3S/c1-18-17-32-24(26-18)16-31-23-6-7-28(25(29)14-23)22-5-4-20-12-19(2-3-21(20)13-22)15-27-8-10-30-11-9-27/h2-3,6-7,12-14,17H,4-5,8-11,15-16H2,1H3. The van der Waals surface area contributed by atoms with Gasteiger partial charge in [0.05, 0.1) is 13.2 Å². The Kier molecular flexibility index (Phi) is 6.21. The molecule has 3 heterocycles. The molecule has 32 heavy (non-hydrogen) atoms. The van der Waals surface area contributed by atoms with Crippen LogP contribution >= 0.6 is 11.3 Å². The summed E-state index contributed by atoms with van der Waals surface area (Å²) in [6.45, 7) is 6.93. The average Bonchev–Trinajstić information content (AvgIpc) is 3.23. The van der Waals surface area contributed by atoms with Gasteiger partial charge in [0.25, 0.3) is 5.56 Å². The molecule has 1 aliphatic carbocycles. The van der Waals surface area contributed by atoms with Crippen molar-refractivity contribution in [1.29, 1.82) is 0 Å². The van der Waals surface area contributed by atoms with Crippen LogP contribution in [0.25, 0.3) is 11.8 Å². The molecule has 0 amide bonds. The van der Waals surface area contributed by atoms with Crippen LogP contribution in [0.1, 0.15) is 33.8 Å². The highest BCUT2D eigenvalue weighted by Gasteiger charge is 2.16. The maximum absolute atomic E-state index is 12.8. The molecule has 0 N–H and O–H groups in total. The van der Waals surface area contributed by atoms with Crippen molar-refractivity contribution < 1.29 is 9.47 Å². The fraction of sp³-hybridized carbons (Fsp3) is 0.360. The molecule has 1 saturated heterocycles. The van der Waals surface area contributed by atoms with Crippen LogP contribution in [0.2, 0.25) is 0 Å². The summed E-state index contributed by atoms with van der Waals surface area (Å²) in [5.74, 6) is 0.573. The first-order valence-electron chi connectivity index (χ1n) is 11.0. The lowest BCUT2D eigenvalue weighted by molar-refractivity contribution is 0.0342. The number of pyridine rings is 1. The normalized spacial score (nSPS) is 16.5. The maximum atomic E-state index is 12.8. The number of thiazole rings is 1. The molecule has 0 saturated carbocycles. The van der Waals surface area contributed by atoms with Crippen molar-refractivity contribution in [3.05, 3.63) is 79.7 Å². The summed E-state index contributed by atoms with van der Waals surface area (Å²) >= 11 is 1.57. The number of aryl methyl sites for hydroxylation is 2. The zero-order chi connectivity index (χ0) is 21.9.